The first-order valence-corrected chi connectivity index (χ1v) is 7.50. The topological polar surface area (TPSA) is 29.1 Å². The molecule has 1 aromatic carbocycles. The minimum absolute atomic E-state index is 0.469. The molecule has 0 aliphatic carbocycles. The minimum Gasteiger partial charge on any atom is -0.382 e. The van der Waals surface area contributed by atoms with Crippen LogP contribution in [0.15, 0.2) is 24.3 Å². The van der Waals surface area contributed by atoms with Crippen LogP contribution >= 0.6 is 0 Å². The molecule has 2 atom stereocenters. The van der Waals surface area contributed by atoms with Crippen molar-refractivity contribution in [3.63, 3.8) is 0 Å². The Bertz CT molecular complexity index is 352. The Morgan fingerprint density at radius 1 is 1.38 bits per heavy atom. The molecule has 1 rings (SSSR count). The van der Waals surface area contributed by atoms with Crippen LogP contribution in [0.4, 0.5) is 5.69 Å². The summed E-state index contributed by atoms with van der Waals surface area (Å²) in [6.45, 7) is 4.37. The zero-order valence-electron chi connectivity index (χ0n) is 10.3. The molecule has 1 aromatic rings. The third-order valence-corrected chi connectivity index (χ3v) is 3.22. The fourth-order valence-corrected chi connectivity index (χ4v) is 2.47. The number of para-hydroxylation sites is 1. The van der Waals surface area contributed by atoms with Crippen molar-refractivity contribution >= 4 is 16.5 Å². The largest absolute Gasteiger partial charge is 0.382 e. The predicted molar refractivity (Wildman–Crippen MR) is 72.2 cm³/mol. The molecule has 1 N–H and O–H groups in total. The van der Waals surface area contributed by atoms with Crippen LogP contribution in [-0.2, 0) is 16.6 Å². The van der Waals surface area contributed by atoms with Gasteiger partial charge in [-0.15, -0.1) is 0 Å². The summed E-state index contributed by atoms with van der Waals surface area (Å²) in [6, 6.07) is 8.59. The molecule has 0 spiro atoms. The van der Waals surface area contributed by atoms with E-state index in [1.807, 2.05) is 18.2 Å². The molecule has 90 valence electrons. The summed E-state index contributed by atoms with van der Waals surface area (Å²) >= 11 is 0. The van der Waals surface area contributed by atoms with Gasteiger partial charge in [-0.3, -0.25) is 4.21 Å². The van der Waals surface area contributed by atoms with Crippen LogP contribution in [0.1, 0.15) is 32.3 Å². The predicted octanol–water partition coefficient (Wildman–Crippen LogP) is 3.17. The number of nitrogens with one attached hydrogen (secondary N) is 1. The van der Waals surface area contributed by atoms with Gasteiger partial charge >= 0.3 is 0 Å². The summed E-state index contributed by atoms with van der Waals surface area (Å²) in [4.78, 5) is 0. The van der Waals surface area contributed by atoms with Gasteiger partial charge in [0.25, 0.3) is 0 Å². The average Bonchev–Trinajstić information content (AvgIpc) is 2.20. The summed E-state index contributed by atoms with van der Waals surface area (Å²) in [5, 5.41) is 3.48. The van der Waals surface area contributed by atoms with Crippen molar-refractivity contribution < 1.29 is 4.21 Å². The van der Waals surface area contributed by atoms with E-state index in [-0.39, 0.29) is 0 Å². The van der Waals surface area contributed by atoms with Crippen molar-refractivity contribution in [3.8, 4) is 0 Å². The SMILES string of the molecule is CCCC(C)Nc1ccccc1CS(C)=O. The zero-order chi connectivity index (χ0) is 12.0. The molecule has 16 heavy (non-hydrogen) atoms. The van der Waals surface area contributed by atoms with Gasteiger partial charge in [0.1, 0.15) is 0 Å². The molecule has 2 unspecified atom stereocenters. The van der Waals surface area contributed by atoms with Crippen molar-refractivity contribution in [2.45, 2.75) is 38.5 Å². The third-order valence-electron chi connectivity index (χ3n) is 2.50. The molecule has 0 fully saturated rings. The highest BCUT2D eigenvalue weighted by Crippen LogP contribution is 2.18. The number of hydrogen-bond acceptors (Lipinski definition) is 2. The monoisotopic (exact) mass is 239 g/mol. The molecule has 0 aromatic heterocycles. The maximum Gasteiger partial charge on any atom is 0.0503 e. The van der Waals surface area contributed by atoms with Crippen molar-refractivity contribution in [3.05, 3.63) is 29.8 Å². The number of benzene rings is 1. The average molecular weight is 239 g/mol. The number of anilines is 1. The van der Waals surface area contributed by atoms with E-state index in [1.165, 1.54) is 6.42 Å². The second-order valence-electron chi connectivity index (χ2n) is 4.21. The maximum atomic E-state index is 11.3. The summed E-state index contributed by atoms with van der Waals surface area (Å²) in [7, 11) is -0.785. The van der Waals surface area contributed by atoms with E-state index < -0.39 is 10.8 Å². The van der Waals surface area contributed by atoms with Crippen molar-refractivity contribution in [1.29, 1.82) is 0 Å². The summed E-state index contributed by atoms with van der Waals surface area (Å²) in [5.74, 6) is 0.627. The Morgan fingerprint density at radius 3 is 2.69 bits per heavy atom. The van der Waals surface area contributed by atoms with E-state index in [0.29, 0.717) is 11.8 Å². The Labute approximate surface area is 101 Å². The first-order chi connectivity index (χ1) is 7.63. The van der Waals surface area contributed by atoms with E-state index in [1.54, 1.807) is 6.26 Å². The highest BCUT2D eigenvalue weighted by molar-refractivity contribution is 7.83. The smallest absolute Gasteiger partial charge is 0.0503 e. The molecular weight excluding hydrogens is 218 g/mol. The second kappa shape index (κ2) is 6.69. The molecule has 0 amide bonds. The fourth-order valence-electron chi connectivity index (χ4n) is 1.78. The normalized spacial score (nSPS) is 14.4. The lowest BCUT2D eigenvalue weighted by Crippen LogP contribution is -2.16. The molecule has 0 aliphatic heterocycles. The Kier molecular flexibility index (Phi) is 5.53. The van der Waals surface area contributed by atoms with Crippen LogP contribution < -0.4 is 5.32 Å². The standard InChI is InChI=1S/C13H21NOS/c1-4-7-11(2)14-13-9-6-5-8-12(13)10-16(3)15/h5-6,8-9,11,14H,4,7,10H2,1-3H3. The molecule has 0 radical (unpaired) electrons. The lowest BCUT2D eigenvalue weighted by Gasteiger charge is -2.17. The first kappa shape index (κ1) is 13.2. The molecule has 0 aliphatic rings. The van der Waals surface area contributed by atoms with Crippen molar-refractivity contribution in [2.75, 3.05) is 11.6 Å². The molecule has 0 saturated heterocycles. The van der Waals surface area contributed by atoms with Gasteiger partial charge in [-0.2, -0.15) is 0 Å². The molecule has 0 heterocycles. The Morgan fingerprint density at radius 2 is 2.06 bits per heavy atom. The van der Waals surface area contributed by atoms with Crippen LogP contribution in [0, 0.1) is 0 Å². The first-order valence-electron chi connectivity index (χ1n) is 5.78. The van der Waals surface area contributed by atoms with Crippen LogP contribution in [0.25, 0.3) is 0 Å². The van der Waals surface area contributed by atoms with Crippen LogP contribution in [0.5, 0.6) is 0 Å². The van der Waals surface area contributed by atoms with Gasteiger partial charge < -0.3 is 5.32 Å². The summed E-state index contributed by atoms with van der Waals surface area (Å²) < 4.78 is 11.3. The Hall–Kier alpha value is -0.830. The van der Waals surface area contributed by atoms with Crippen LogP contribution in [-0.4, -0.2) is 16.5 Å². The van der Waals surface area contributed by atoms with Gasteiger partial charge in [0.2, 0.25) is 0 Å². The second-order valence-corrected chi connectivity index (χ2v) is 5.64. The van der Waals surface area contributed by atoms with Gasteiger partial charge in [0.05, 0.1) is 5.75 Å². The van der Waals surface area contributed by atoms with Crippen LogP contribution in [0.2, 0.25) is 0 Å². The van der Waals surface area contributed by atoms with Gasteiger partial charge in [-0.05, 0) is 25.0 Å². The highest BCUT2D eigenvalue weighted by atomic mass is 32.2. The quantitative estimate of drug-likeness (QED) is 0.826. The fraction of sp³-hybridized carbons (Fsp3) is 0.538. The highest BCUT2D eigenvalue weighted by Gasteiger charge is 2.06. The summed E-state index contributed by atoms with van der Waals surface area (Å²) in [5.41, 5.74) is 2.27. The molecular formula is C13H21NOS. The number of hydrogen-bond donors (Lipinski definition) is 1. The minimum atomic E-state index is -0.785. The van der Waals surface area contributed by atoms with E-state index in [0.717, 1.165) is 17.7 Å². The lowest BCUT2D eigenvalue weighted by atomic mass is 10.1. The lowest BCUT2D eigenvalue weighted by molar-refractivity contribution is 0.684. The van der Waals surface area contributed by atoms with E-state index >= 15 is 0 Å². The summed E-state index contributed by atoms with van der Waals surface area (Å²) in [6.07, 6.45) is 4.08. The molecule has 0 bridgehead atoms. The van der Waals surface area contributed by atoms with E-state index in [4.69, 9.17) is 0 Å². The van der Waals surface area contributed by atoms with Gasteiger partial charge in [-0.1, -0.05) is 31.5 Å². The van der Waals surface area contributed by atoms with Crippen molar-refractivity contribution in [2.24, 2.45) is 0 Å². The van der Waals surface area contributed by atoms with Gasteiger partial charge in [-0.25, -0.2) is 0 Å². The molecule has 0 saturated carbocycles. The Balaban J connectivity index is 2.74. The van der Waals surface area contributed by atoms with E-state index in [2.05, 4.69) is 25.2 Å². The van der Waals surface area contributed by atoms with Crippen molar-refractivity contribution in [1.82, 2.24) is 0 Å². The van der Waals surface area contributed by atoms with E-state index in [9.17, 15) is 4.21 Å². The number of rotatable bonds is 6. The van der Waals surface area contributed by atoms with Gasteiger partial charge in [0, 0.05) is 28.8 Å². The van der Waals surface area contributed by atoms with Gasteiger partial charge in [0.15, 0.2) is 0 Å². The molecule has 2 nitrogen and oxygen atoms in total. The zero-order valence-corrected chi connectivity index (χ0v) is 11.1. The third kappa shape index (κ3) is 4.35. The maximum absolute atomic E-state index is 11.3. The van der Waals surface area contributed by atoms with Crippen LogP contribution in [0.3, 0.4) is 0 Å². The molecule has 3 heteroatoms.